The van der Waals surface area contributed by atoms with E-state index in [9.17, 15) is 0 Å². The molecule has 3 rings (SSSR count). The number of aliphatic imine (C=N–C) groups is 1. The first kappa shape index (κ1) is 20.8. The molecule has 0 aromatic carbocycles. The molecule has 154 valence electrons. The summed E-state index contributed by atoms with van der Waals surface area (Å²) in [6.45, 7) is 9.63. The van der Waals surface area contributed by atoms with Gasteiger partial charge in [-0.1, -0.05) is 13.8 Å². The van der Waals surface area contributed by atoms with Crippen molar-refractivity contribution in [1.29, 1.82) is 0 Å². The first-order valence-electron chi connectivity index (χ1n) is 9.98. The average molecular weight is 405 g/mol. The molecular weight excluding hydrogens is 372 g/mol. The number of aromatic nitrogens is 2. The van der Waals surface area contributed by atoms with Crippen LogP contribution in [0.1, 0.15) is 37.1 Å². The third kappa shape index (κ3) is 4.92. The van der Waals surface area contributed by atoms with Gasteiger partial charge in [-0.3, -0.25) is 14.6 Å². The van der Waals surface area contributed by atoms with Crippen molar-refractivity contribution in [3.63, 3.8) is 0 Å². The number of likely N-dealkylation sites (N-methyl/N-ethyl adjacent to an activating group) is 1. The Bertz CT molecular complexity index is 740. The summed E-state index contributed by atoms with van der Waals surface area (Å²) in [6, 6.07) is 2.57. The van der Waals surface area contributed by atoms with E-state index in [1.165, 1.54) is 5.56 Å². The molecule has 2 atom stereocenters. The van der Waals surface area contributed by atoms with Gasteiger partial charge in [0.05, 0.1) is 25.4 Å². The molecule has 0 bridgehead atoms. The Balaban J connectivity index is 1.65. The van der Waals surface area contributed by atoms with Crippen LogP contribution >= 0.6 is 11.3 Å². The Morgan fingerprint density at radius 1 is 1.46 bits per heavy atom. The molecule has 0 spiro atoms. The number of hydrogen-bond acceptors (Lipinski definition) is 5. The summed E-state index contributed by atoms with van der Waals surface area (Å²) < 4.78 is 7.79. The van der Waals surface area contributed by atoms with Crippen LogP contribution in [-0.4, -0.2) is 71.9 Å². The predicted molar refractivity (Wildman–Crippen MR) is 115 cm³/mol. The van der Waals surface area contributed by atoms with Crippen LogP contribution in [0.3, 0.4) is 0 Å². The molecule has 0 saturated carbocycles. The van der Waals surface area contributed by atoms with E-state index in [0.717, 1.165) is 44.2 Å². The normalized spacial score (nSPS) is 19.2. The summed E-state index contributed by atoms with van der Waals surface area (Å²) in [5.41, 5.74) is 2.48. The van der Waals surface area contributed by atoms with Crippen molar-refractivity contribution < 1.29 is 4.74 Å². The quantitative estimate of drug-likeness (QED) is 0.568. The molecular formula is C20H32N6OS. The molecule has 1 saturated heterocycles. The number of guanidine groups is 1. The van der Waals surface area contributed by atoms with Crippen LogP contribution in [0.25, 0.3) is 0 Å². The lowest BCUT2D eigenvalue weighted by molar-refractivity contribution is -0.00813. The highest BCUT2D eigenvalue weighted by atomic mass is 32.1. The van der Waals surface area contributed by atoms with Gasteiger partial charge in [0.25, 0.3) is 0 Å². The molecule has 28 heavy (non-hydrogen) atoms. The number of hydrogen-bond donors (Lipinski definition) is 1. The van der Waals surface area contributed by atoms with E-state index in [-0.39, 0.29) is 6.10 Å². The van der Waals surface area contributed by atoms with Gasteiger partial charge in [-0.15, -0.1) is 0 Å². The summed E-state index contributed by atoms with van der Waals surface area (Å²) in [7, 11) is 3.79. The van der Waals surface area contributed by atoms with Crippen LogP contribution in [0.5, 0.6) is 0 Å². The lowest BCUT2D eigenvalue weighted by atomic mass is 10.1. The van der Waals surface area contributed by atoms with E-state index in [0.29, 0.717) is 12.6 Å². The molecule has 2 unspecified atom stereocenters. The van der Waals surface area contributed by atoms with Gasteiger partial charge in [-0.25, -0.2) is 0 Å². The van der Waals surface area contributed by atoms with E-state index in [1.807, 2.05) is 31.2 Å². The van der Waals surface area contributed by atoms with Gasteiger partial charge in [0.2, 0.25) is 0 Å². The Kier molecular flexibility index (Phi) is 7.47. The van der Waals surface area contributed by atoms with E-state index < -0.39 is 0 Å². The second-order valence-corrected chi connectivity index (χ2v) is 7.75. The summed E-state index contributed by atoms with van der Waals surface area (Å²) in [6.07, 6.45) is 3.94. The molecule has 3 heterocycles. The third-order valence-electron chi connectivity index (χ3n) is 5.31. The van der Waals surface area contributed by atoms with Gasteiger partial charge < -0.3 is 15.0 Å². The number of thiophene rings is 1. The molecule has 1 aliphatic heterocycles. The second-order valence-electron chi connectivity index (χ2n) is 6.97. The number of nitrogens with one attached hydrogen (secondary N) is 1. The lowest BCUT2D eigenvalue weighted by Crippen LogP contribution is -2.50. The van der Waals surface area contributed by atoms with Crippen molar-refractivity contribution in [2.45, 2.75) is 26.0 Å². The zero-order valence-corrected chi connectivity index (χ0v) is 18.2. The number of nitrogens with zero attached hydrogens (tertiary/aromatic N) is 5. The number of aryl methyl sites for hydroxylation is 1. The standard InChI is InChI=1S/C20H32N6OS/c1-5-25(6-2)18(16-7-10-28-15-16)12-22-20(21-3)26-8-9-27-19(14-26)17-11-23-24(4)13-17/h7,10-11,13,15,18-19H,5-6,8-9,12,14H2,1-4H3,(H,21,22). The fourth-order valence-corrected chi connectivity index (χ4v) is 4.46. The van der Waals surface area contributed by atoms with Crippen LogP contribution in [-0.2, 0) is 11.8 Å². The minimum atomic E-state index is 0.0245. The van der Waals surface area contributed by atoms with E-state index in [1.54, 1.807) is 11.3 Å². The van der Waals surface area contributed by atoms with Crippen molar-refractivity contribution >= 4 is 17.3 Å². The Morgan fingerprint density at radius 3 is 2.89 bits per heavy atom. The summed E-state index contributed by atoms with van der Waals surface area (Å²) in [5, 5.41) is 12.3. The van der Waals surface area contributed by atoms with Crippen molar-refractivity contribution in [3.05, 3.63) is 40.3 Å². The molecule has 0 amide bonds. The van der Waals surface area contributed by atoms with Crippen molar-refractivity contribution in [3.8, 4) is 0 Å². The Labute approximate surface area is 172 Å². The maximum atomic E-state index is 5.98. The molecule has 1 fully saturated rings. The molecule has 1 aliphatic rings. The SMILES string of the molecule is CCN(CC)C(CNC(=NC)N1CCOC(c2cnn(C)c2)C1)c1ccsc1. The highest BCUT2D eigenvalue weighted by molar-refractivity contribution is 7.07. The van der Waals surface area contributed by atoms with Gasteiger partial charge in [0.15, 0.2) is 5.96 Å². The Morgan fingerprint density at radius 2 is 2.29 bits per heavy atom. The van der Waals surface area contributed by atoms with Gasteiger partial charge in [-0.2, -0.15) is 16.4 Å². The summed E-state index contributed by atoms with van der Waals surface area (Å²) in [5.74, 6) is 0.935. The topological polar surface area (TPSA) is 57.9 Å². The first-order valence-corrected chi connectivity index (χ1v) is 10.9. The van der Waals surface area contributed by atoms with Crippen molar-refractivity contribution in [2.24, 2.45) is 12.0 Å². The van der Waals surface area contributed by atoms with E-state index >= 15 is 0 Å². The predicted octanol–water partition coefficient (Wildman–Crippen LogP) is 2.51. The zero-order valence-electron chi connectivity index (χ0n) is 17.3. The molecule has 2 aromatic rings. The number of ether oxygens (including phenoxy) is 1. The van der Waals surface area contributed by atoms with Gasteiger partial charge >= 0.3 is 0 Å². The molecule has 0 radical (unpaired) electrons. The zero-order chi connectivity index (χ0) is 19.9. The minimum Gasteiger partial charge on any atom is -0.370 e. The number of morpholine rings is 1. The average Bonchev–Trinajstić information content (AvgIpc) is 3.40. The van der Waals surface area contributed by atoms with Crippen LogP contribution in [0, 0.1) is 0 Å². The van der Waals surface area contributed by atoms with E-state index in [2.05, 4.69) is 55.9 Å². The summed E-state index contributed by atoms with van der Waals surface area (Å²) in [4.78, 5) is 9.32. The second kappa shape index (κ2) is 10.0. The van der Waals surface area contributed by atoms with Crippen LogP contribution in [0.4, 0.5) is 0 Å². The van der Waals surface area contributed by atoms with Crippen molar-refractivity contribution in [1.82, 2.24) is 24.9 Å². The van der Waals surface area contributed by atoms with Gasteiger partial charge in [0, 0.05) is 38.9 Å². The monoisotopic (exact) mass is 404 g/mol. The minimum absolute atomic E-state index is 0.0245. The van der Waals surface area contributed by atoms with Gasteiger partial charge in [-0.05, 0) is 35.5 Å². The maximum Gasteiger partial charge on any atom is 0.193 e. The Hall–Kier alpha value is -1.90. The van der Waals surface area contributed by atoms with Crippen LogP contribution in [0.15, 0.2) is 34.2 Å². The van der Waals surface area contributed by atoms with Gasteiger partial charge in [0.1, 0.15) is 6.10 Å². The largest absolute Gasteiger partial charge is 0.370 e. The number of rotatable bonds is 7. The molecule has 8 heteroatoms. The highest BCUT2D eigenvalue weighted by Crippen LogP contribution is 2.24. The smallest absolute Gasteiger partial charge is 0.193 e. The molecule has 1 N–H and O–H groups in total. The lowest BCUT2D eigenvalue weighted by Gasteiger charge is -2.36. The molecule has 0 aliphatic carbocycles. The van der Waals surface area contributed by atoms with Crippen LogP contribution < -0.4 is 5.32 Å². The van der Waals surface area contributed by atoms with E-state index in [4.69, 9.17) is 4.74 Å². The highest BCUT2D eigenvalue weighted by Gasteiger charge is 2.26. The molecule has 2 aromatic heterocycles. The molecule has 7 nitrogen and oxygen atoms in total. The van der Waals surface area contributed by atoms with Crippen LogP contribution in [0.2, 0.25) is 0 Å². The third-order valence-corrected chi connectivity index (χ3v) is 6.01. The fourth-order valence-electron chi connectivity index (χ4n) is 3.76. The summed E-state index contributed by atoms with van der Waals surface area (Å²) >= 11 is 1.75. The maximum absolute atomic E-state index is 5.98. The van der Waals surface area contributed by atoms with Crippen molar-refractivity contribution in [2.75, 3.05) is 46.4 Å². The fraction of sp³-hybridized carbons (Fsp3) is 0.600. The first-order chi connectivity index (χ1) is 13.7.